The van der Waals surface area contributed by atoms with E-state index in [2.05, 4.69) is 19.9 Å². The molecule has 3 nitrogen and oxygen atoms in total. The summed E-state index contributed by atoms with van der Waals surface area (Å²) in [7, 11) is 0. The van der Waals surface area contributed by atoms with Gasteiger partial charge in [0.1, 0.15) is 17.6 Å². The minimum atomic E-state index is -4.42. The molecular formula is C8H5F3N3S. The van der Waals surface area contributed by atoms with Gasteiger partial charge in [0.15, 0.2) is 0 Å². The second-order valence-corrected chi connectivity index (χ2v) is 4.24. The molecule has 79 valence electrons. The van der Waals surface area contributed by atoms with Crippen LogP contribution in [0.1, 0.15) is 5.69 Å². The summed E-state index contributed by atoms with van der Waals surface area (Å²) in [6, 6.07) is 2.48. The van der Waals surface area contributed by atoms with Gasteiger partial charge in [0.2, 0.25) is 0 Å². The topological polar surface area (TPSA) is 37.6 Å². The fourth-order valence-electron chi connectivity index (χ4n) is 1.01. The standard InChI is InChI=1S/C8H5F3N3S/c9-8(10,11)7-3-6(1-2-13-7)15-5-12-4-14-15/h1-4,15H. The van der Waals surface area contributed by atoms with Crippen LogP contribution in [0.25, 0.3) is 0 Å². The molecule has 0 aromatic carbocycles. The van der Waals surface area contributed by atoms with Gasteiger partial charge in [0.25, 0.3) is 0 Å². The van der Waals surface area contributed by atoms with Gasteiger partial charge >= 0.3 is 6.18 Å². The zero-order valence-electron chi connectivity index (χ0n) is 7.23. The van der Waals surface area contributed by atoms with Gasteiger partial charge in [-0.3, -0.25) is 4.98 Å². The quantitative estimate of drug-likeness (QED) is 0.741. The molecule has 1 aliphatic rings. The lowest BCUT2D eigenvalue weighted by atomic mass is 10.3. The lowest BCUT2D eigenvalue weighted by Crippen LogP contribution is -2.07. The van der Waals surface area contributed by atoms with Gasteiger partial charge in [-0.2, -0.15) is 13.2 Å². The van der Waals surface area contributed by atoms with Crippen molar-refractivity contribution in [1.82, 2.24) is 4.98 Å². The van der Waals surface area contributed by atoms with E-state index in [-0.39, 0.29) is 0 Å². The van der Waals surface area contributed by atoms with Crippen LogP contribution >= 0.6 is 11.1 Å². The van der Waals surface area contributed by atoms with E-state index in [1.54, 1.807) is 0 Å². The van der Waals surface area contributed by atoms with Crippen molar-refractivity contribution >= 4 is 23.0 Å². The van der Waals surface area contributed by atoms with Crippen LogP contribution in [0.2, 0.25) is 0 Å². The predicted molar refractivity (Wildman–Crippen MR) is 52.4 cm³/mol. The molecule has 0 spiro atoms. The summed E-state index contributed by atoms with van der Waals surface area (Å²) in [6.07, 6.45) is -2.01. The molecule has 0 N–H and O–H groups in total. The van der Waals surface area contributed by atoms with Crippen molar-refractivity contribution < 1.29 is 13.2 Å². The average molecular weight is 232 g/mol. The van der Waals surface area contributed by atoms with E-state index in [1.165, 1.54) is 12.4 Å². The van der Waals surface area contributed by atoms with Crippen LogP contribution < -0.4 is 0 Å². The molecule has 1 aliphatic heterocycles. The van der Waals surface area contributed by atoms with Crippen molar-refractivity contribution in [3.63, 3.8) is 0 Å². The van der Waals surface area contributed by atoms with E-state index in [4.69, 9.17) is 0 Å². The van der Waals surface area contributed by atoms with Crippen LogP contribution in [0.15, 0.2) is 32.6 Å². The van der Waals surface area contributed by atoms with Crippen LogP contribution in [0.4, 0.5) is 13.2 Å². The highest BCUT2D eigenvalue weighted by molar-refractivity contribution is 8.27. The summed E-state index contributed by atoms with van der Waals surface area (Å²) in [4.78, 5) is 7.32. The van der Waals surface area contributed by atoms with E-state index >= 15 is 0 Å². The first-order valence-corrected chi connectivity index (χ1v) is 5.18. The molecule has 0 saturated carbocycles. The summed E-state index contributed by atoms with van der Waals surface area (Å²) in [6.45, 7) is 0. The monoisotopic (exact) mass is 232 g/mol. The van der Waals surface area contributed by atoms with Gasteiger partial charge in [-0.05, 0) is 12.1 Å². The summed E-state index contributed by atoms with van der Waals surface area (Å²) < 4.78 is 40.8. The van der Waals surface area contributed by atoms with Crippen LogP contribution in [0.5, 0.6) is 0 Å². The Balaban J connectivity index is 2.34. The number of thiol groups is 1. The van der Waals surface area contributed by atoms with E-state index < -0.39 is 23.0 Å². The van der Waals surface area contributed by atoms with Crippen molar-refractivity contribution in [3.05, 3.63) is 24.0 Å². The molecule has 0 fully saturated rings. The van der Waals surface area contributed by atoms with Gasteiger partial charge in [0.05, 0.1) is 0 Å². The molecule has 2 heterocycles. The molecule has 0 saturated heterocycles. The molecule has 1 radical (unpaired) electrons. The molecule has 0 aliphatic carbocycles. The number of hydrogen-bond donors (Lipinski definition) is 1. The first kappa shape index (κ1) is 10.2. The Labute approximate surface area is 86.3 Å². The van der Waals surface area contributed by atoms with Crippen LogP contribution in [-0.2, 0) is 6.18 Å². The van der Waals surface area contributed by atoms with Crippen molar-refractivity contribution in [2.45, 2.75) is 11.1 Å². The van der Waals surface area contributed by atoms with Crippen molar-refractivity contribution in [3.8, 4) is 0 Å². The first-order chi connectivity index (χ1) is 7.07. The molecule has 1 unspecified atom stereocenters. The Morgan fingerprint density at radius 2 is 2.13 bits per heavy atom. The molecule has 1 atom stereocenters. The second kappa shape index (κ2) is 3.65. The van der Waals surface area contributed by atoms with E-state index in [0.717, 1.165) is 12.3 Å². The molecule has 15 heavy (non-hydrogen) atoms. The maximum Gasteiger partial charge on any atom is 0.433 e. The van der Waals surface area contributed by atoms with Gasteiger partial charge in [0, 0.05) is 11.1 Å². The molecule has 1 aromatic heterocycles. The summed E-state index contributed by atoms with van der Waals surface area (Å²) >= 11 is -1.19. The highest BCUT2D eigenvalue weighted by Crippen LogP contribution is 2.38. The molecule has 2 rings (SSSR count). The first-order valence-electron chi connectivity index (χ1n) is 3.89. The van der Waals surface area contributed by atoms with Crippen LogP contribution in [0.3, 0.4) is 0 Å². The Kier molecular flexibility index (Phi) is 2.47. The van der Waals surface area contributed by atoms with Crippen molar-refractivity contribution in [2.24, 2.45) is 9.39 Å². The molecule has 0 bridgehead atoms. The van der Waals surface area contributed by atoms with Gasteiger partial charge in [-0.1, -0.05) is 11.1 Å². The number of pyridine rings is 1. The third kappa shape index (κ3) is 2.17. The Morgan fingerprint density at radius 1 is 1.33 bits per heavy atom. The number of rotatable bonds is 1. The number of alkyl halides is 3. The Bertz CT molecular complexity index is 415. The van der Waals surface area contributed by atoms with Crippen molar-refractivity contribution in [2.75, 3.05) is 0 Å². The second-order valence-electron chi connectivity index (χ2n) is 2.67. The Morgan fingerprint density at radius 3 is 2.73 bits per heavy atom. The largest absolute Gasteiger partial charge is 0.433 e. The zero-order valence-corrected chi connectivity index (χ0v) is 8.13. The summed E-state index contributed by atoms with van der Waals surface area (Å²) in [5, 5.41) is 0. The van der Waals surface area contributed by atoms with Gasteiger partial charge in [-0.15, -0.1) is 0 Å². The van der Waals surface area contributed by atoms with E-state index in [1.807, 2.05) is 0 Å². The van der Waals surface area contributed by atoms with Crippen LogP contribution in [-0.4, -0.2) is 16.9 Å². The molecule has 0 amide bonds. The number of nitrogens with zero attached hydrogens (tertiary/aromatic N) is 3. The maximum absolute atomic E-state index is 12.3. The Hall–Kier alpha value is -1.37. The van der Waals surface area contributed by atoms with Gasteiger partial charge < -0.3 is 0 Å². The lowest BCUT2D eigenvalue weighted by molar-refractivity contribution is -0.141. The summed E-state index contributed by atoms with van der Waals surface area (Å²) in [5.41, 5.74) is 1.71. The highest BCUT2D eigenvalue weighted by atomic mass is 32.2. The fraction of sp³-hybridized carbons (Fsp3) is 0.125. The van der Waals surface area contributed by atoms with Crippen LogP contribution in [0, 0.1) is 0 Å². The fourth-order valence-corrected chi connectivity index (χ4v) is 2.08. The maximum atomic E-state index is 12.3. The number of halogens is 3. The summed E-state index contributed by atoms with van der Waals surface area (Å²) in [5.74, 6) is 0. The third-order valence-electron chi connectivity index (χ3n) is 1.66. The minimum Gasteiger partial charge on any atom is -0.252 e. The molecular weight excluding hydrogens is 227 g/mol. The number of aliphatic imine (C=N–C) groups is 1. The average Bonchev–Trinajstić information content (AvgIpc) is 2.69. The molecule has 7 heteroatoms. The van der Waals surface area contributed by atoms with E-state index in [9.17, 15) is 13.2 Å². The van der Waals surface area contributed by atoms with Gasteiger partial charge in [-0.25, -0.2) is 9.39 Å². The normalized spacial score (nSPS) is 22.2. The smallest absolute Gasteiger partial charge is 0.252 e. The highest BCUT2D eigenvalue weighted by Gasteiger charge is 2.32. The van der Waals surface area contributed by atoms with E-state index in [0.29, 0.717) is 4.90 Å². The van der Waals surface area contributed by atoms with Crippen molar-refractivity contribution in [1.29, 1.82) is 0 Å². The lowest BCUT2D eigenvalue weighted by Gasteiger charge is -2.10. The predicted octanol–water partition coefficient (Wildman–Crippen LogP) is 2.32. The number of hydrogen-bond acceptors (Lipinski definition) is 3. The third-order valence-corrected chi connectivity index (χ3v) is 3.06. The number of aromatic nitrogens is 1. The zero-order chi connectivity index (χ0) is 10.9. The minimum absolute atomic E-state index is 0.449. The molecule has 1 aromatic rings. The SMILES string of the molecule is FC(F)(F)c1cc([SH]2[C]=NC=N2)ccn1.